The zero-order valence-electron chi connectivity index (χ0n) is 11.1. The standard InChI is InChI=1S/C12H26N2O2S/c1-3-8-13-9-6-11-17(15,16)14-10-5-4-7-12(14)2/h12-13H,3-11H2,1-2H3. The molecular weight excluding hydrogens is 236 g/mol. The lowest BCUT2D eigenvalue weighted by Crippen LogP contribution is -2.43. The highest BCUT2D eigenvalue weighted by molar-refractivity contribution is 7.89. The Hall–Kier alpha value is -0.130. The summed E-state index contributed by atoms with van der Waals surface area (Å²) in [5, 5.41) is 3.24. The Morgan fingerprint density at radius 2 is 2.06 bits per heavy atom. The third kappa shape index (κ3) is 4.94. The summed E-state index contributed by atoms with van der Waals surface area (Å²) in [6.07, 6.45) is 4.98. The van der Waals surface area contributed by atoms with E-state index >= 15 is 0 Å². The van der Waals surface area contributed by atoms with Gasteiger partial charge in [0.25, 0.3) is 0 Å². The van der Waals surface area contributed by atoms with Crippen molar-refractivity contribution in [1.29, 1.82) is 0 Å². The minimum absolute atomic E-state index is 0.192. The largest absolute Gasteiger partial charge is 0.317 e. The van der Waals surface area contributed by atoms with Crippen molar-refractivity contribution in [3.8, 4) is 0 Å². The summed E-state index contributed by atoms with van der Waals surface area (Å²) >= 11 is 0. The molecular formula is C12H26N2O2S. The molecule has 102 valence electrons. The Kier molecular flexibility index (Phi) is 6.44. The molecule has 1 saturated heterocycles. The van der Waals surface area contributed by atoms with Crippen LogP contribution in [-0.4, -0.2) is 44.2 Å². The number of hydrogen-bond donors (Lipinski definition) is 1. The molecule has 0 aromatic rings. The van der Waals surface area contributed by atoms with E-state index in [-0.39, 0.29) is 11.8 Å². The van der Waals surface area contributed by atoms with Gasteiger partial charge in [0, 0.05) is 12.6 Å². The fourth-order valence-electron chi connectivity index (χ4n) is 2.28. The molecule has 0 aromatic heterocycles. The average molecular weight is 262 g/mol. The Balaban J connectivity index is 2.34. The van der Waals surface area contributed by atoms with E-state index in [9.17, 15) is 8.42 Å². The first-order valence-corrected chi connectivity index (χ1v) is 8.39. The lowest BCUT2D eigenvalue weighted by Gasteiger charge is -2.32. The SMILES string of the molecule is CCCNCCCS(=O)(=O)N1CCCCC1C. The first kappa shape index (κ1) is 14.9. The maximum atomic E-state index is 12.1. The van der Waals surface area contributed by atoms with Gasteiger partial charge in [-0.2, -0.15) is 4.31 Å². The smallest absolute Gasteiger partial charge is 0.214 e. The van der Waals surface area contributed by atoms with Crippen LogP contribution in [-0.2, 0) is 10.0 Å². The lowest BCUT2D eigenvalue weighted by atomic mass is 10.1. The highest BCUT2D eigenvalue weighted by Gasteiger charge is 2.28. The van der Waals surface area contributed by atoms with Gasteiger partial charge in [0.15, 0.2) is 0 Å². The Morgan fingerprint density at radius 1 is 1.29 bits per heavy atom. The summed E-state index contributed by atoms with van der Waals surface area (Å²) in [7, 11) is -3.03. The number of hydrogen-bond acceptors (Lipinski definition) is 3. The van der Waals surface area contributed by atoms with Gasteiger partial charge < -0.3 is 5.32 Å². The minimum Gasteiger partial charge on any atom is -0.317 e. The van der Waals surface area contributed by atoms with Crippen molar-refractivity contribution in [3.63, 3.8) is 0 Å². The fraction of sp³-hybridized carbons (Fsp3) is 1.00. The van der Waals surface area contributed by atoms with Crippen molar-refractivity contribution in [2.24, 2.45) is 0 Å². The van der Waals surface area contributed by atoms with Gasteiger partial charge in [-0.25, -0.2) is 8.42 Å². The summed E-state index contributed by atoms with van der Waals surface area (Å²) in [6, 6.07) is 0.192. The molecule has 1 rings (SSSR count). The molecule has 0 aromatic carbocycles. The molecule has 0 spiro atoms. The Bertz CT molecular complexity index is 304. The predicted molar refractivity (Wildman–Crippen MR) is 71.6 cm³/mol. The molecule has 5 heteroatoms. The van der Waals surface area contributed by atoms with Crippen LogP contribution in [0.2, 0.25) is 0 Å². The molecule has 1 fully saturated rings. The summed E-state index contributed by atoms with van der Waals surface area (Å²) in [5.74, 6) is 0.286. The van der Waals surface area contributed by atoms with Crippen LogP contribution < -0.4 is 5.32 Å². The van der Waals surface area contributed by atoms with Gasteiger partial charge in [0.2, 0.25) is 10.0 Å². The molecule has 1 aliphatic rings. The van der Waals surface area contributed by atoms with Crippen molar-refractivity contribution in [1.82, 2.24) is 9.62 Å². The molecule has 1 heterocycles. The second-order valence-electron chi connectivity index (χ2n) is 4.88. The van der Waals surface area contributed by atoms with Crippen LogP contribution in [0.5, 0.6) is 0 Å². The van der Waals surface area contributed by atoms with Crippen LogP contribution >= 0.6 is 0 Å². The first-order chi connectivity index (χ1) is 8.08. The molecule has 1 aliphatic heterocycles. The van der Waals surface area contributed by atoms with Gasteiger partial charge in [-0.3, -0.25) is 0 Å². The van der Waals surface area contributed by atoms with E-state index in [2.05, 4.69) is 12.2 Å². The quantitative estimate of drug-likeness (QED) is 0.709. The molecule has 0 saturated carbocycles. The van der Waals surface area contributed by atoms with Gasteiger partial charge in [0.1, 0.15) is 0 Å². The molecule has 0 aliphatic carbocycles. The van der Waals surface area contributed by atoms with E-state index in [0.29, 0.717) is 13.0 Å². The fourth-order valence-corrected chi connectivity index (χ4v) is 4.09. The van der Waals surface area contributed by atoms with Gasteiger partial charge in [-0.15, -0.1) is 0 Å². The van der Waals surface area contributed by atoms with Crippen LogP contribution in [0.4, 0.5) is 0 Å². The molecule has 17 heavy (non-hydrogen) atoms. The molecule has 1 atom stereocenters. The molecule has 0 radical (unpaired) electrons. The highest BCUT2D eigenvalue weighted by atomic mass is 32.2. The number of nitrogens with zero attached hydrogens (tertiary/aromatic N) is 1. The molecule has 4 nitrogen and oxygen atoms in total. The maximum absolute atomic E-state index is 12.1. The third-order valence-electron chi connectivity index (χ3n) is 3.28. The van der Waals surface area contributed by atoms with E-state index in [1.165, 1.54) is 0 Å². The van der Waals surface area contributed by atoms with Crippen molar-refractivity contribution in [2.75, 3.05) is 25.4 Å². The van der Waals surface area contributed by atoms with Crippen LogP contribution in [0.3, 0.4) is 0 Å². The zero-order chi connectivity index (χ0) is 12.7. The van der Waals surface area contributed by atoms with E-state index in [4.69, 9.17) is 0 Å². The minimum atomic E-state index is -3.03. The number of nitrogens with one attached hydrogen (secondary N) is 1. The second kappa shape index (κ2) is 7.34. The van der Waals surface area contributed by atoms with Crippen molar-refractivity contribution >= 4 is 10.0 Å². The second-order valence-corrected chi connectivity index (χ2v) is 6.92. The predicted octanol–water partition coefficient (Wildman–Crippen LogP) is 1.58. The van der Waals surface area contributed by atoms with Gasteiger partial charge in [0.05, 0.1) is 5.75 Å². The summed E-state index contributed by atoms with van der Waals surface area (Å²) in [6.45, 7) is 6.62. The average Bonchev–Trinajstić information content (AvgIpc) is 2.29. The van der Waals surface area contributed by atoms with Gasteiger partial charge in [-0.05, 0) is 45.7 Å². The third-order valence-corrected chi connectivity index (χ3v) is 5.34. The van der Waals surface area contributed by atoms with Crippen molar-refractivity contribution < 1.29 is 8.42 Å². The lowest BCUT2D eigenvalue weighted by molar-refractivity contribution is 0.268. The normalized spacial score (nSPS) is 22.8. The number of rotatable bonds is 7. The van der Waals surface area contributed by atoms with E-state index in [1.807, 2.05) is 6.92 Å². The molecule has 0 bridgehead atoms. The van der Waals surface area contributed by atoms with Crippen molar-refractivity contribution in [3.05, 3.63) is 0 Å². The van der Waals surface area contributed by atoms with E-state index < -0.39 is 10.0 Å². The van der Waals surface area contributed by atoms with E-state index in [0.717, 1.165) is 38.8 Å². The Labute approximate surface area is 106 Å². The number of sulfonamides is 1. The van der Waals surface area contributed by atoms with Gasteiger partial charge >= 0.3 is 0 Å². The van der Waals surface area contributed by atoms with Crippen LogP contribution in [0.25, 0.3) is 0 Å². The molecule has 0 amide bonds. The summed E-state index contributed by atoms with van der Waals surface area (Å²) < 4.78 is 26.0. The molecule has 1 N–H and O–H groups in total. The highest BCUT2D eigenvalue weighted by Crippen LogP contribution is 2.20. The topological polar surface area (TPSA) is 49.4 Å². The maximum Gasteiger partial charge on any atom is 0.214 e. The monoisotopic (exact) mass is 262 g/mol. The van der Waals surface area contributed by atoms with Crippen LogP contribution in [0, 0.1) is 0 Å². The van der Waals surface area contributed by atoms with Crippen molar-refractivity contribution in [2.45, 2.75) is 52.0 Å². The van der Waals surface area contributed by atoms with E-state index in [1.54, 1.807) is 4.31 Å². The molecule has 1 unspecified atom stereocenters. The van der Waals surface area contributed by atoms with Crippen LogP contribution in [0.1, 0.15) is 46.0 Å². The van der Waals surface area contributed by atoms with Crippen LogP contribution in [0.15, 0.2) is 0 Å². The van der Waals surface area contributed by atoms with Gasteiger partial charge in [-0.1, -0.05) is 13.3 Å². The summed E-state index contributed by atoms with van der Waals surface area (Å²) in [4.78, 5) is 0. The zero-order valence-corrected chi connectivity index (χ0v) is 11.9. The summed E-state index contributed by atoms with van der Waals surface area (Å²) in [5.41, 5.74) is 0. The number of piperidine rings is 1. The first-order valence-electron chi connectivity index (χ1n) is 6.78. The Morgan fingerprint density at radius 3 is 2.71 bits per heavy atom.